The van der Waals surface area contributed by atoms with Crippen molar-refractivity contribution >= 4 is 0 Å². The number of nitrogens with zero attached hydrogens (tertiary/aromatic N) is 1. The molecule has 0 unspecified atom stereocenters. The zero-order chi connectivity index (χ0) is 10.5. The number of rotatable bonds is 3. The maximum absolute atomic E-state index is 5.32. The summed E-state index contributed by atoms with van der Waals surface area (Å²) in [6, 6.07) is 2.67. The van der Waals surface area contributed by atoms with Crippen molar-refractivity contribution < 1.29 is 4.74 Å². The van der Waals surface area contributed by atoms with Gasteiger partial charge < -0.3 is 10.1 Å². The van der Waals surface area contributed by atoms with Gasteiger partial charge in [0.15, 0.2) is 0 Å². The minimum absolute atomic E-state index is 0.610. The van der Waals surface area contributed by atoms with Crippen LogP contribution in [0.15, 0.2) is 18.5 Å². The Morgan fingerprint density at radius 3 is 3.00 bits per heavy atom. The van der Waals surface area contributed by atoms with E-state index >= 15 is 0 Å². The summed E-state index contributed by atoms with van der Waals surface area (Å²) in [6.45, 7) is 4.83. The summed E-state index contributed by atoms with van der Waals surface area (Å²) in [6.07, 6.45) is 6.04. The van der Waals surface area contributed by atoms with Crippen molar-refractivity contribution in [2.45, 2.75) is 32.4 Å². The quantitative estimate of drug-likeness (QED) is 0.816. The molecular weight excluding hydrogens is 188 g/mol. The Hall–Kier alpha value is -0.930. The van der Waals surface area contributed by atoms with Crippen LogP contribution in [0.3, 0.4) is 0 Å². The molecule has 1 aromatic heterocycles. The summed E-state index contributed by atoms with van der Waals surface area (Å²) in [5.74, 6) is 0. The van der Waals surface area contributed by atoms with Gasteiger partial charge in [-0.15, -0.1) is 0 Å². The molecule has 1 N–H and O–H groups in total. The van der Waals surface area contributed by atoms with Crippen LogP contribution in [0.2, 0.25) is 0 Å². The third kappa shape index (κ3) is 3.01. The molecule has 82 valence electrons. The molecule has 2 rings (SSSR count). The van der Waals surface area contributed by atoms with E-state index in [0.29, 0.717) is 6.04 Å². The molecule has 3 nitrogen and oxygen atoms in total. The van der Waals surface area contributed by atoms with E-state index in [1.165, 1.54) is 11.1 Å². The monoisotopic (exact) mass is 206 g/mol. The Labute approximate surface area is 90.9 Å². The summed E-state index contributed by atoms with van der Waals surface area (Å²) < 4.78 is 5.32. The van der Waals surface area contributed by atoms with E-state index in [-0.39, 0.29) is 0 Å². The average molecular weight is 206 g/mol. The van der Waals surface area contributed by atoms with Crippen molar-refractivity contribution in [2.75, 3.05) is 13.2 Å². The third-order valence-electron chi connectivity index (χ3n) is 2.95. The van der Waals surface area contributed by atoms with Gasteiger partial charge in [-0.2, -0.15) is 0 Å². The third-order valence-corrected chi connectivity index (χ3v) is 2.95. The van der Waals surface area contributed by atoms with Crippen LogP contribution in [-0.2, 0) is 11.3 Å². The molecule has 1 aliphatic rings. The van der Waals surface area contributed by atoms with Gasteiger partial charge >= 0.3 is 0 Å². The van der Waals surface area contributed by atoms with Crippen molar-refractivity contribution in [3.05, 3.63) is 29.6 Å². The van der Waals surface area contributed by atoms with Crippen LogP contribution in [0.25, 0.3) is 0 Å². The van der Waals surface area contributed by atoms with E-state index in [0.717, 1.165) is 32.6 Å². The predicted molar refractivity (Wildman–Crippen MR) is 59.7 cm³/mol. The number of pyridine rings is 1. The zero-order valence-corrected chi connectivity index (χ0v) is 9.20. The fraction of sp³-hybridized carbons (Fsp3) is 0.583. The van der Waals surface area contributed by atoms with Gasteiger partial charge in [-0.05, 0) is 37.0 Å². The van der Waals surface area contributed by atoms with Crippen molar-refractivity contribution in [1.82, 2.24) is 10.3 Å². The SMILES string of the molecule is Cc1ccncc1CNC1CCOCC1. The Balaban J connectivity index is 1.84. The molecule has 0 aliphatic carbocycles. The van der Waals surface area contributed by atoms with E-state index in [9.17, 15) is 0 Å². The van der Waals surface area contributed by atoms with Crippen molar-refractivity contribution in [1.29, 1.82) is 0 Å². The van der Waals surface area contributed by atoms with E-state index < -0.39 is 0 Å². The van der Waals surface area contributed by atoms with Crippen LogP contribution in [0.5, 0.6) is 0 Å². The lowest BCUT2D eigenvalue weighted by Crippen LogP contribution is -2.34. The molecular formula is C12H18N2O. The van der Waals surface area contributed by atoms with Crippen LogP contribution in [0.1, 0.15) is 24.0 Å². The maximum Gasteiger partial charge on any atom is 0.0480 e. The normalized spacial score (nSPS) is 17.9. The number of aromatic nitrogens is 1. The molecule has 1 aliphatic heterocycles. The number of hydrogen-bond donors (Lipinski definition) is 1. The molecule has 15 heavy (non-hydrogen) atoms. The second kappa shape index (κ2) is 5.24. The molecule has 0 amide bonds. The van der Waals surface area contributed by atoms with Crippen LogP contribution in [0.4, 0.5) is 0 Å². The predicted octanol–water partition coefficient (Wildman–Crippen LogP) is 1.66. The number of aryl methyl sites for hydroxylation is 1. The Morgan fingerprint density at radius 2 is 2.27 bits per heavy atom. The van der Waals surface area contributed by atoms with E-state index in [4.69, 9.17) is 4.74 Å². The van der Waals surface area contributed by atoms with Gasteiger partial charge in [0.05, 0.1) is 0 Å². The Kier molecular flexibility index (Phi) is 3.69. The highest BCUT2D eigenvalue weighted by Crippen LogP contribution is 2.09. The number of ether oxygens (including phenoxy) is 1. The average Bonchev–Trinajstić information content (AvgIpc) is 2.29. The largest absolute Gasteiger partial charge is 0.381 e. The van der Waals surface area contributed by atoms with Gasteiger partial charge in [0.1, 0.15) is 0 Å². The smallest absolute Gasteiger partial charge is 0.0480 e. The van der Waals surface area contributed by atoms with Gasteiger partial charge in [-0.1, -0.05) is 0 Å². The van der Waals surface area contributed by atoms with E-state index in [1.54, 1.807) is 0 Å². The molecule has 3 heteroatoms. The molecule has 0 radical (unpaired) electrons. The second-order valence-corrected chi connectivity index (χ2v) is 4.07. The molecule has 1 saturated heterocycles. The van der Waals surface area contributed by atoms with Crippen LogP contribution < -0.4 is 5.32 Å². The topological polar surface area (TPSA) is 34.2 Å². The molecule has 0 atom stereocenters. The lowest BCUT2D eigenvalue weighted by Gasteiger charge is -2.23. The first kappa shape index (κ1) is 10.6. The van der Waals surface area contributed by atoms with E-state index in [2.05, 4.69) is 23.3 Å². The van der Waals surface area contributed by atoms with Gasteiger partial charge in [0.2, 0.25) is 0 Å². The zero-order valence-electron chi connectivity index (χ0n) is 9.20. The number of hydrogen-bond acceptors (Lipinski definition) is 3. The van der Waals surface area contributed by atoms with Crippen molar-refractivity contribution in [2.24, 2.45) is 0 Å². The molecule has 0 saturated carbocycles. The van der Waals surface area contributed by atoms with Crippen molar-refractivity contribution in [3.8, 4) is 0 Å². The maximum atomic E-state index is 5.32. The lowest BCUT2D eigenvalue weighted by molar-refractivity contribution is 0.0776. The number of nitrogens with one attached hydrogen (secondary N) is 1. The molecule has 0 spiro atoms. The minimum Gasteiger partial charge on any atom is -0.381 e. The summed E-state index contributed by atoms with van der Waals surface area (Å²) >= 11 is 0. The van der Waals surface area contributed by atoms with Gasteiger partial charge in [-0.3, -0.25) is 4.98 Å². The van der Waals surface area contributed by atoms with Gasteiger partial charge in [0, 0.05) is 38.2 Å². The summed E-state index contributed by atoms with van der Waals surface area (Å²) in [5, 5.41) is 3.56. The first-order chi connectivity index (χ1) is 7.36. The second-order valence-electron chi connectivity index (χ2n) is 4.07. The van der Waals surface area contributed by atoms with Crippen LogP contribution in [-0.4, -0.2) is 24.2 Å². The van der Waals surface area contributed by atoms with Crippen molar-refractivity contribution in [3.63, 3.8) is 0 Å². The molecule has 2 heterocycles. The van der Waals surface area contributed by atoms with E-state index in [1.807, 2.05) is 12.4 Å². The molecule has 1 fully saturated rings. The first-order valence-corrected chi connectivity index (χ1v) is 5.57. The molecule has 0 aromatic carbocycles. The summed E-state index contributed by atoms with van der Waals surface area (Å²) in [4.78, 5) is 4.14. The molecule has 0 bridgehead atoms. The highest BCUT2D eigenvalue weighted by molar-refractivity contribution is 5.21. The first-order valence-electron chi connectivity index (χ1n) is 5.57. The Morgan fingerprint density at radius 1 is 1.47 bits per heavy atom. The lowest BCUT2D eigenvalue weighted by atomic mass is 10.1. The highest BCUT2D eigenvalue weighted by Gasteiger charge is 2.12. The highest BCUT2D eigenvalue weighted by atomic mass is 16.5. The van der Waals surface area contributed by atoms with Crippen LogP contribution in [0, 0.1) is 6.92 Å². The fourth-order valence-corrected chi connectivity index (χ4v) is 1.84. The standard InChI is InChI=1S/C12H18N2O/c1-10-2-5-13-8-11(10)9-14-12-3-6-15-7-4-12/h2,5,8,12,14H,3-4,6-7,9H2,1H3. The summed E-state index contributed by atoms with van der Waals surface area (Å²) in [7, 11) is 0. The van der Waals surface area contributed by atoms with Gasteiger partial charge in [-0.25, -0.2) is 0 Å². The fourth-order valence-electron chi connectivity index (χ4n) is 1.84. The Bertz CT molecular complexity index is 308. The molecule has 1 aromatic rings. The minimum atomic E-state index is 0.610. The summed E-state index contributed by atoms with van der Waals surface area (Å²) in [5.41, 5.74) is 2.61. The van der Waals surface area contributed by atoms with Crippen LogP contribution >= 0.6 is 0 Å². The van der Waals surface area contributed by atoms with Gasteiger partial charge in [0.25, 0.3) is 0 Å².